The van der Waals surface area contributed by atoms with Gasteiger partial charge in [0, 0.05) is 17.0 Å². The average molecular weight is 376 g/mol. The van der Waals surface area contributed by atoms with Gasteiger partial charge in [-0.3, -0.25) is 5.32 Å². The van der Waals surface area contributed by atoms with Gasteiger partial charge in [-0.05, 0) is 43.6 Å². The molecule has 9 heteroatoms. The molecule has 8 nitrogen and oxygen atoms in total. The van der Waals surface area contributed by atoms with E-state index in [1.807, 2.05) is 0 Å². The molecule has 0 unspecified atom stereocenters. The number of urea groups is 1. The first-order valence-corrected chi connectivity index (χ1v) is 9.01. The topological polar surface area (TPSA) is 126 Å². The summed E-state index contributed by atoms with van der Waals surface area (Å²) in [7, 11) is 0. The second-order valence-electron chi connectivity index (χ2n) is 5.90. The Morgan fingerprint density at radius 3 is 2.73 bits per heavy atom. The molecular weight excluding hydrogens is 356 g/mol. The van der Waals surface area contributed by atoms with Crippen molar-refractivity contribution in [2.24, 2.45) is 5.73 Å². The van der Waals surface area contributed by atoms with Crippen LogP contribution in [0.25, 0.3) is 10.4 Å². The maximum Gasteiger partial charge on any atom is 0.412 e. The van der Waals surface area contributed by atoms with Crippen LogP contribution in [-0.4, -0.2) is 36.4 Å². The largest absolute Gasteiger partial charge is 0.508 e. The predicted octanol–water partition coefficient (Wildman–Crippen LogP) is 2.45. The first-order valence-electron chi connectivity index (χ1n) is 8.20. The Hall–Kier alpha value is -2.78. The first-order chi connectivity index (χ1) is 12.5. The third kappa shape index (κ3) is 4.64. The zero-order valence-electron chi connectivity index (χ0n) is 14.0. The van der Waals surface area contributed by atoms with E-state index in [2.05, 4.69) is 16.0 Å². The highest BCUT2D eigenvalue weighted by Gasteiger charge is 2.20. The summed E-state index contributed by atoms with van der Waals surface area (Å²) in [5, 5.41) is 18.5. The Morgan fingerprint density at radius 2 is 2.04 bits per heavy atom. The third-order valence-electron chi connectivity index (χ3n) is 3.93. The highest BCUT2D eigenvalue weighted by Crippen LogP contribution is 2.41. The van der Waals surface area contributed by atoms with Gasteiger partial charge in [0.05, 0.1) is 0 Å². The molecule has 0 atom stereocenters. The van der Waals surface area contributed by atoms with E-state index in [-0.39, 0.29) is 17.5 Å². The number of thiophene rings is 1. The van der Waals surface area contributed by atoms with Crippen molar-refractivity contribution in [3.05, 3.63) is 30.3 Å². The van der Waals surface area contributed by atoms with Gasteiger partial charge in [0.2, 0.25) is 0 Å². The van der Waals surface area contributed by atoms with Crippen LogP contribution in [0.15, 0.2) is 30.3 Å². The van der Waals surface area contributed by atoms with E-state index in [1.165, 1.54) is 11.3 Å². The molecule has 3 rings (SSSR count). The molecule has 138 valence electrons. The molecule has 1 aromatic heterocycles. The van der Waals surface area contributed by atoms with E-state index in [0.29, 0.717) is 9.88 Å². The Bertz CT molecular complexity index is 802. The maximum atomic E-state index is 12.2. The first kappa shape index (κ1) is 18.0. The quantitative estimate of drug-likeness (QED) is 0.560. The number of benzene rings is 1. The summed E-state index contributed by atoms with van der Waals surface area (Å²) in [5.41, 5.74) is 5.93. The van der Waals surface area contributed by atoms with Crippen LogP contribution in [0, 0.1) is 0 Å². The summed E-state index contributed by atoms with van der Waals surface area (Å²) in [6.45, 7) is 1.69. The molecule has 6 N–H and O–H groups in total. The smallest absolute Gasteiger partial charge is 0.412 e. The molecule has 1 aliphatic rings. The Morgan fingerprint density at radius 1 is 1.27 bits per heavy atom. The highest BCUT2D eigenvalue weighted by atomic mass is 32.1. The van der Waals surface area contributed by atoms with Crippen molar-refractivity contribution in [1.29, 1.82) is 0 Å². The van der Waals surface area contributed by atoms with Gasteiger partial charge in [-0.2, -0.15) is 0 Å². The van der Waals surface area contributed by atoms with Gasteiger partial charge < -0.3 is 26.2 Å². The van der Waals surface area contributed by atoms with E-state index < -0.39 is 12.1 Å². The lowest BCUT2D eigenvalue weighted by atomic mass is 10.1. The molecule has 0 spiro atoms. The number of nitrogens with one attached hydrogen (secondary N) is 3. The number of hydrogen-bond acceptors (Lipinski definition) is 6. The van der Waals surface area contributed by atoms with E-state index >= 15 is 0 Å². The van der Waals surface area contributed by atoms with Crippen molar-refractivity contribution in [2.75, 3.05) is 18.4 Å². The second-order valence-corrected chi connectivity index (χ2v) is 6.95. The molecule has 0 radical (unpaired) electrons. The number of carbonyl (C=O) groups is 2. The zero-order valence-corrected chi connectivity index (χ0v) is 14.8. The van der Waals surface area contributed by atoms with Crippen LogP contribution in [0.1, 0.15) is 12.8 Å². The van der Waals surface area contributed by atoms with Crippen molar-refractivity contribution >= 4 is 28.5 Å². The predicted molar refractivity (Wildman–Crippen MR) is 99.7 cm³/mol. The van der Waals surface area contributed by atoms with Crippen LogP contribution in [0.3, 0.4) is 0 Å². The number of amides is 3. The minimum atomic E-state index is -0.752. The number of ether oxygens (including phenoxy) is 1. The molecule has 2 heterocycles. The van der Waals surface area contributed by atoms with Gasteiger partial charge >= 0.3 is 12.1 Å². The van der Waals surface area contributed by atoms with Crippen molar-refractivity contribution in [1.82, 2.24) is 10.6 Å². The number of phenols is 1. The van der Waals surface area contributed by atoms with E-state index in [9.17, 15) is 14.7 Å². The van der Waals surface area contributed by atoms with Crippen molar-refractivity contribution < 1.29 is 19.4 Å². The lowest BCUT2D eigenvalue weighted by molar-refractivity contribution is 0.193. The summed E-state index contributed by atoms with van der Waals surface area (Å²) in [4.78, 5) is 24.1. The highest BCUT2D eigenvalue weighted by molar-refractivity contribution is 7.20. The Balaban J connectivity index is 1.77. The van der Waals surface area contributed by atoms with Gasteiger partial charge in [0.1, 0.15) is 10.8 Å². The molecule has 2 aromatic rings. The standard InChI is InChI=1S/C17H20N4O4S/c18-16(23)21-15-13(25-17(24)20-11-4-6-19-7-5-11)9-14(26-15)10-2-1-3-12(22)8-10/h1-3,8-9,11,19,22H,4-7H2,(H,20,24)(H3,18,21,23). The van der Waals surface area contributed by atoms with Crippen molar-refractivity contribution in [2.45, 2.75) is 18.9 Å². The fourth-order valence-electron chi connectivity index (χ4n) is 2.71. The van der Waals surface area contributed by atoms with Gasteiger partial charge in [-0.1, -0.05) is 12.1 Å². The second kappa shape index (κ2) is 8.07. The number of phenolic OH excluding ortho intramolecular Hbond substituents is 1. The number of aromatic hydroxyl groups is 1. The van der Waals surface area contributed by atoms with Gasteiger partial charge in [-0.15, -0.1) is 11.3 Å². The normalized spacial score (nSPS) is 14.6. The fraction of sp³-hybridized carbons (Fsp3) is 0.294. The van der Waals surface area contributed by atoms with Crippen molar-refractivity contribution in [3.63, 3.8) is 0 Å². The van der Waals surface area contributed by atoms with Crippen LogP contribution in [0.5, 0.6) is 11.5 Å². The molecule has 3 amide bonds. The minimum Gasteiger partial charge on any atom is -0.508 e. The molecule has 1 aliphatic heterocycles. The summed E-state index contributed by atoms with van der Waals surface area (Å²) < 4.78 is 5.39. The lowest BCUT2D eigenvalue weighted by Gasteiger charge is -2.23. The minimum absolute atomic E-state index is 0.0560. The number of carbonyl (C=O) groups excluding carboxylic acids is 2. The van der Waals surface area contributed by atoms with Crippen LogP contribution < -0.4 is 26.4 Å². The molecule has 0 saturated carbocycles. The van der Waals surface area contributed by atoms with E-state index in [4.69, 9.17) is 10.5 Å². The molecule has 0 aliphatic carbocycles. The number of piperidine rings is 1. The zero-order chi connectivity index (χ0) is 18.5. The molecule has 1 saturated heterocycles. The number of nitrogens with two attached hydrogens (primary N) is 1. The number of rotatable bonds is 4. The van der Waals surface area contributed by atoms with Crippen LogP contribution in [0.4, 0.5) is 14.6 Å². The molecule has 1 fully saturated rings. The summed E-state index contributed by atoms with van der Waals surface area (Å²) in [6.07, 6.45) is 1.09. The van der Waals surface area contributed by atoms with Crippen LogP contribution in [-0.2, 0) is 0 Å². The third-order valence-corrected chi connectivity index (χ3v) is 5.01. The summed E-state index contributed by atoms with van der Waals surface area (Å²) in [6, 6.07) is 7.59. The van der Waals surface area contributed by atoms with Crippen molar-refractivity contribution in [3.8, 4) is 21.9 Å². The number of anilines is 1. The van der Waals surface area contributed by atoms with Crippen LogP contribution in [0.2, 0.25) is 0 Å². The average Bonchev–Trinajstić information content (AvgIpc) is 2.97. The van der Waals surface area contributed by atoms with Gasteiger partial charge in [0.15, 0.2) is 5.75 Å². The number of primary amides is 1. The Labute approximate surface area is 154 Å². The molecule has 1 aromatic carbocycles. The lowest BCUT2D eigenvalue weighted by Crippen LogP contribution is -2.43. The molecule has 26 heavy (non-hydrogen) atoms. The monoisotopic (exact) mass is 376 g/mol. The van der Waals surface area contributed by atoms with E-state index in [1.54, 1.807) is 30.3 Å². The van der Waals surface area contributed by atoms with Gasteiger partial charge in [0.25, 0.3) is 0 Å². The fourth-order valence-corrected chi connectivity index (χ4v) is 3.70. The summed E-state index contributed by atoms with van der Waals surface area (Å²) in [5.74, 6) is 0.324. The molecular formula is C17H20N4O4S. The number of hydrogen-bond donors (Lipinski definition) is 5. The van der Waals surface area contributed by atoms with Crippen LogP contribution >= 0.6 is 11.3 Å². The van der Waals surface area contributed by atoms with E-state index in [0.717, 1.165) is 31.5 Å². The molecule has 0 bridgehead atoms. The SMILES string of the molecule is NC(=O)Nc1sc(-c2cccc(O)c2)cc1OC(=O)NC1CCNCC1. The Kier molecular flexibility index (Phi) is 5.59. The maximum absolute atomic E-state index is 12.2. The summed E-state index contributed by atoms with van der Waals surface area (Å²) >= 11 is 1.20. The van der Waals surface area contributed by atoms with Gasteiger partial charge in [-0.25, -0.2) is 9.59 Å².